The number of thioether (sulfide) groups is 1. The van der Waals surface area contributed by atoms with Gasteiger partial charge in [-0.25, -0.2) is 5.10 Å². The minimum Gasteiger partial charge on any atom is -0.344 e. The summed E-state index contributed by atoms with van der Waals surface area (Å²) in [5, 5.41) is 7.93. The van der Waals surface area contributed by atoms with Crippen LogP contribution in [0.2, 0.25) is 0 Å². The molecule has 0 saturated carbocycles. The van der Waals surface area contributed by atoms with Gasteiger partial charge < -0.3 is 4.90 Å². The van der Waals surface area contributed by atoms with E-state index in [-0.39, 0.29) is 11.5 Å². The van der Waals surface area contributed by atoms with E-state index < -0.39 is 5.92 Å². The predicted molar refractivity (Wildman–Crippen MR) is 106 cm³/mol. The number of benzene rings is 2. The molecule has 3 rings (SSSR count). The molecular formula is C20H21N3O2S. The van der Waals surface area contributed by atoms with Crippen molar-refractivity contribution in [1.29, 1.82) is 0 Å². The highest BCUT2D eigenvalue weighted by molar-refractivity contribution is 7.99. The van der Waals surface area contributed by atoms with E-state index in [1.165, 1.54) is 4.90 Å². The van der Waals surface area contributed by atoms with E-state index in [0.717, 1.165) is 11.1 Å². The van der Waals surface area contributed by atoms with E-state index in [0.29, 0.717) is 17.6 Å². The summed E-state index contributed by atoms with van der Waals surface area (Å²) in [6.45, 7) is 2.47. The first-order valence-electron chi connectivity index (χ1n) is 8.48. The Hall–Kier alpha value is -2.60. The Morgan fingerprint density at radius 3 is 2.50 bits per heavy atom. The number of fused-ring (bicyclic) bond motifs is 1. The SMILES string of the molecule is CC(C(=O)N(C)CCSc1ccccc1)c1n[nH]c(=O)c2ccccc12. The zero-order valence-corrected chi connectivity index (χ0v) is 15.6. The fraction of sp³-hybridized carbons (Fsp3) is 0.250. The van der Waals surface area contributed by atoms with Gasteiger partial charge in [0.2, 0.25) is 5.91 Å². The maximum Gasteiger partial charge on any atom is 0.272 e. The molecule has 0 radical (unpaired) electrons. The van der Waals surface area contributed by atoms with E-state index in [1.807, 2.05) is 37.3 Å². The fourth-order valence-corrected chi connectivity index (χ4v) is 3.79. The topological polar surface area (TPSA) is 66.1 Å². The van der Waals surface area contributed by atoms with Crippen molar-refractivity contribution in [3.8, 4) is 0 Å². The number of amides is 1. The predicted octanol–water partition coefficient (Wildman–Crippen LogP) is 3.28. The Morgan fingerprint density at radius 1 is 1.12 bits per heavy atom. The van der Waals surface area contributed by atoms with E-state index in [4.69, 9.17) is 0 Å². The standard InChI is InChI=1S/C20H21N3O2S/c1-14(18-16-10-6-7-11-17(16)19(24)22-21-18)20(25)23(2)12-13-26-15-8-4-3-5-9-15/h3-11,14H,12-13H2,1-2H3,(H,22,24). The second-order valence-electron chi connectivity index (χ2n) is 6.13. The van der Waals surface area contributed by atoms with Crippen molar-refractivity contribution in [3.05, 3.63) is 70.6 Å². The van der Waals surface area contributed by atoms with E-state index >= 15 is 0 Å². The van der Waals surface area contributed by atoms with Crippen LogP contribution in [0.5, 0.6) is 0 Å². The highest BCUT2D eigenvalue weighted by Gasteiger charge is 2.23. The molecule has 0 fully saturated rings. The Labute approximate surface area is 156 Å². The van der Waals surface area contributed by atoms with Crippen LogP contribution in [0.25, 0.3) is 10.8 Å². The number of hydrogen-bond donors (Lipinski definition) is 1. The van der Waals surface area contributed by atoms with Crippen LogP contribution in [0.4, 0.5) is 0 Å². The van der Waals surface area contributed by atoms with Crippen molar-refractivity contribution < 1.29 is 4.79 Å². The van der Waals surface area contributed by atoms with Gasteiger partial charge in [0.15, 0.2) is 0 Å². The van der Waals surface area contributed by atoms with Gasteiger partial charge in [0.1, 0.15) is 0 Å². The molecule has 134 valence electrons. The molecule has 0 bridgehead atoms. The summed E-state index contributed by atoms with van der Waals surface area (Å²) in [7, 11) is 1.80. The van der Waals surface area contributed by atoms with Crippen molar-refractivity contribution in [3.63, 3.8) is 0 Å². The van der Waals surface area contributed by atoms with Gasteiger partial charge in [0.25, 0.3) is 5.56 Å². The summed E-state index contributed by atoms with van der Waals surface area (Å²) in [6, 6.07) is 17.4. The number of hydrogen-bond acceptors (Lipinski definition) is 4. The first-order chi connectivity index (χ1) is 12.6. The van der Waals surface area contributed by atoms with Gasteiger partial charge in [0, 0.05) is 29.6 Å². The number of carbonyl (C=O) groups is 1. The summed E-state index contributed by atoms with van der Waals surface area (Å²) >= 11 is 1.72. The van der Waals surface area contributed by atoms with Crippen LogP contribution >= 0.6 is 11.8 Å². The van der Waals surface area contributed by atoms with E-state index in [9.17, 15) is 9.59 Å². The van der Waals surface area contributed by atoms with Gasteiger partial charge in [-0.3, -0.25) is 9.59 Å². The molecular weight excluding hydrogens is 346 g/mol. The molecule has 5 nitrogen and oxygen atoms in total. The molecule has 1 heterocycles. The molecule has 1 unspecified atom stereocenters. The summed E-state index contributed by atoms with van der Waals surface area (Å²) in [5.41, 5.74) is 0.365. The maximum absolute atomic E-state index is 12.8. The summed E-state index contributed by atoms with van der Waals surface area (Å²) in [6.07, 6.45) is 0. The number of nitrogens with zero attached hydrogens (tertiary/aromatic N) is 2. The molecule has 0 aliphatic rings. The molecule has 1 N–H and O–H groups in total. The van der Waals surface area contributed by atoms with Crippen LogP contribution < -0.4 is 5.56 Å². The van der Waals surface area contributed by atoms with Crippen LogP contribution in [-0.2, 0) is 4.79 Å². The van der Waals surface area contributed by atoms with Crippen molar-refractivity contribution in [2.24, 2.45) is 0 Å². The number of H-pyrrole nitrogens is 1. The molecule has 2 aromatic carbocycles. The van der Waals surface area contributed by atoms with Crippen molar-refractivity contribution in [1.82, 2.24) is 15.1 Å². The lowest BCUT2D eigenvalue weighted by Crippen LogP contribution is -2.33. The van der Waals surface area contributed by atoms with Gasteiger partial charge in [-0.2, -0.15) is 5.10 Å². The summed E-state index contributed by atoms with van der Waals surface area (Å²) in [5.74, 6) is 0.380. The Bertz CT molecular complexity index is 956. The van der Waals surface area contributed by atoms with Crippen LogP contribution in [-0.4, -0.2) is 40.3 Å². The number of nitrogens with one attached hydrogen (secondary N) is 1. The summed E-state index contributed by atoms with van der Waals surface area (Å²) in [4.78, 5) is 27.6. The van der Waals surface area contributed by atoms with Crippen LogP contribution in [0.1, 0.15) is 18.5 Å². The minimum atomic E-state index is -0.427. The van der Waals surface area contributed by atoms with Crippen molar-refractivity contribution in [2.75, 3.05) is 19.3 Å². The molecule has 0 saturated heterocycles. The lowest BCUT2D eigenvalue weighted by atomic mass is 10.0. The monoisotopic (exact) mass is 367 g/mol. The van der Waals surface area contributed by atoms with Gasteiger partial charge in [-0.15, -0.1) is 11.8 Å². The number of aromatic nitrogens is 2. The van der Waals surface area contributed by atoms with Crippen molar-refractivity contribution in [2.45, 2.75) is 17.7 Å². The molecule has 1 amide bonds. The second-order valence-corrected chi connectivity index (χ2v) is 7.29. The average Bonchev–Trinajstić information content (AvgIpc) is 2.68. The highest BCUT2D eigenvalue weighted by Crippen LogP contribution is 2.23. The number of aromatic amines is 1. The third-order valence-electron chi connectivity index (χ3n) is 4.32. The quantitative estimate of drug-likeness (QED) is 0.679. The van der Waals surface area contributed by atoms with Gasteiger partial charge in [0.05, 0.1) is 17.0 Å². The third kappa shape index (κ3) is 3.96. The maximum atomic E-state index is 12.8. The lowest BCUT2D eigenvalue weighted by molar-refractivity contribution is -0.130. The molecule has 1 atom stereocenters. The Balaban J connectivity index is 1.69. The molecule has 26 heavy (non-hydrogen) atoms. The summed E-state index contributed by atoms with van der Waals surface area (Å²) < 4.78 is 0. The number of likely N-dealkylation sites (N-methyl/N-ethyl adjacent to an activating group) is 1. The molecule has 6 heteroatoms. The van der Waals surface area contributed by atoms with Crippen LogP contribution in [0.3, 0.4) is 0 Å². The lowest BCUT2D eigenvalue weighted by Gasteiger charge is -2.21. The van der Waals surface area contributed by atoms with Gasteiger partial charge in [-0.05, 0) is 25.1 Å². The first-order valence-corrected chi connectivity index (χ1v) is 9.46. The molecule has 0 spiro atoms. The zero-order chi connectivity index (χ0) is 18.5. The van der Waals surface area contributed by atoms with Crippen LogP contribution in [0.15, 0.2) is 64.3 Å². The molecule has 1 aromatic heterocycles. The largest absolute Gasteiger partial charge is 0.344 e. The van der Waals surface area contributed by atoms with E-state index in [1.54, 1.807) is 35.8 Å². The smallest absolute Gasteiger partial charge is 0.272 e. The minimum absolute atomic E-state index is 0.0108. The number of carbonyl (C=O) groups excluding carboxylic acids is 1. The van der Waals surface area contributed by atoms with Crippen molar-refractivity contribution >= 4 is 28.4 Å². The third-order valence-corrected chi connectivity index (χ3v) is 5.31. The fourth-order valence-electron chi connectivity index (χ4n) is 2.84. The van der Waals surface area contributed by atoms with Gasteiger partial charge in [-0.1, -0.05) is 36.4 Å². The van der Waals surface area contributed by atoms with Gasteiger partial charge >= 0.3 is 0 Å². The average molecular weight is 367 g/mol. The first kappa shape index (κ1) is 18.2. The number of rotatable bonds is 6. The van der Waals surface area contributed by atoms with E-state index in [2.05, 4.69) is 22.3 Å². The molecule has 3 aromatic rings. The van der Waals surface area contributed by atoms with Crippen LogP contribution in [0, 0.1) is 0 Å². The normalized spacial score (nSPS) is 12.1. The Morgan fingerprint density at radius 2 is 1.77 bits per heavy atom. The second kappa shape index (κ2) is 8.19. The zero-order valence-electron chi connectivity index (χ0n) is 14.8. The molecule has 0 aliphatic heterocycles. The highest BCUT2D eigenvalue weighted by atomic mass is 32.2. The Kier molecular flexibility index (Phi) is 5.73. The molecule has 0 aliphatic carbocycles.